The molecule has 7 heteroatoms. The van der Waals surface area contributed by atoms with Gasteiger partial charge in [0.15, 0.2) is 5.82 Å². The van der Waals surface area contributed by atoms with Crippen LogP contribution in [0.1, 0.15) is 83.9 Å². The number of nitrogen functional groups attached to an aromatic ring is 1. The Balaban J connectivity index is 1.75. The predicted molar refractivity (Wildman–Crippen MR) is 103 cm³/mol. The Labute approximate surface area is 155 Å². The van der Waals surface area contributed by atoms with E-state index in [2.05, 4.69) is 36.3 Å². The lowest BCUT2D eigenvalue weighted by Crippen LogP contribution is -2.34. The van der Waals surface area contributed by atoms with Gasteiger partial charge in [0.25, 0.3) is 0 Å². The largest absolute Gasteiger partial charge is 0.353 e. The molecule has 0 unspecified atom stereocenters. The van der Waals surface area contributed by atoms with Crippen molar-refractivity contribution in [3.8, 4) is 0 Å². The van der Waals surface area contributed by atoms with Gasteiger partial charge in [0, 0.05) is 12.0 Å². The number of hydrogen-bond donors (Lipinski definition) is 2. The third-order valence-corrected chi connectivity index (χ3v) is 5.76. The summed E-state index contributed by atoms with van der Waals surface area (Å²) in [6.07, 6.45) is 9.40. The first-order chi connectivity index (χ1) is 12.0. The molecule has 1 aromatic heterocycles. The van der Waals surface area contributed by atoms with Crippen molar-refractivity contribution in [2.75, 3.05) is 11.6 Å². The van der Waals surface area contributed by atoms with Gasteiger partial charge < -0.3 is 11.2 Å². The average molecular weight is 368 g/mol. The van der Waals surface area contributed by atoms with Gasteiger partial charge in [-0.3, -0.25) is 4.79 Å². The van der Waals surface area contributed by atoms with Crippen LogP contribution in [0.3, 0.4) is 0 Å². The van der Waals surface area contributed by atoms with Crippen LogP contribution >= 0.6 is 11.8 Å². The summed E-state index contributed by atoms with van der Waals surface area (Å²) in [4.78, 5) is 12.1. The van der Waals surface area contributed by atoms with Crippen molar-refractivity contribution >= 4 is 17.7 Å². The minimum Gasteiger partial charge on any atom is -0.353 e. The molecule has 1 aliphatic rings. The topological polar surface area (TPSA) is 85.8 Å². The minimum atomic E-state index is 0.0317. The second-order valence-electron chi connectivity index (χ2n) is 7.63. The van der Waals surface area contributed by atoms with Gasteiger partial charge in [-0.1, -0.05) is 57.7 Å². The van der Waals surface area contributed by atoms with E-state index in [0.717, 1.165) is 31.5 Å². The van der Waals surface area contributed by atoms with Crippen LogP contribution in [0.2, 0.25) is 0 Å². The van der Waals surface area contributed by atoms with Crippen LogP contribution in [0.5, 0.6) is 0 Å². The highest BCUT2D eigenvalue weighted by molar-refractivity contribution is 7.99. The Morgan fingerprint density at radius 2 is 1.96 bits per heavy atom. The first-order valence-corrected chi connectivity index (χ1v) is 10.6. The summed E-state index contributed by atoms with van der Waals surface area (Å²) in [5.41, 5.74) is 0. The molecule has 3 N–H and O–H groups in total. The van der Waals surface area contributed by atoms with Gasteiger partial charge in [0.2, 0.25) is 11.1 Å². The number of rotatable bonds is 9. The molecule has 1 heterocycles. The third kappa shape index (κ3) is 6.53. The molecule has 1 atom stereocenters. The number of nitrogens with zero attached hydrogens (tertiary/aromatic N) is 3. The average Bonchev–Trinajstić information content (AvgIpc) is 2.94. The molecule has 1 fully saturated rings. The number of nitrogens with two attached hydrogens (primary N) is 1. The van der Waals surface area contributed by atoms with Crippen molar-refractivity contribution in [3.05, 3.63) is 5.82 Å². The molecular weight excluding hydrogens is 334 g/mol. The molecule has 6 nitrogen and oxygen atoms in total. The Hall–Kier alpha value is -1.24. The van der Waals surface area contributed by atoms with Crippen molar-refractivity contribution < 1.29 is 4.79 Å². The Bertz CT molecular complexity index is 540. The zero-order chi connectivity index (χ0) is 18.2. The minimum absolute atomic E-state index is 0.0317. The molecule has 142 valence electrons. The first kappa shape index (κ1) is 20.1. The second kappa shape index (κ2) is 10.0. The monoisotopic (exact) mass is 367 g/mol. The molecule has 1 aliphatic carbocycles. The van der Waals surface area contributed by atoms with E-state index in [1.165, 1.54) is 37.4 Å². The number of nitrogens with one attached hydrogen (secondary N) is 1. The van der Waals surface area contributed by atoms with Crippen LogP contribution in [0.15, 0.2) is 5.16 Å². The Morgan fingerprint density at radius 1 is 1.24 bits per heavy atom. The maximum absolute atomic E-state index is 12.1. The van der Waals surface area contributed by atoms with Crippen LogP contribution in [0, 0.1) is 5.92 Å². The van der Waals surface area contributed by atoms with E-state index in [0.29, 0.717) is 22.7 Å². The first-order valence-electron chi connectivity index (χ1n) is 9.60. The van der Waals surface area contributed by atoms with Crippen LogP contribution in [-0.2, 0) is 4.79 Å². The van der Waals surface area contributed by atoms with Gasteiger partial charge in [-0.05, 0) is 32.1 Å². The van der Waals surface area contributed by atoms with Crippen LogP contribution in [-0.4, -0.2) is 32.6 Å². The number of hydrogen-bond acceptors (Lipinski definition) is 5. The lowest BCUT2D eigenvalue weighted by molar-refractivity contribution is -0.119. The van der Waals surface area contributed by atoms with Gasteiger partial charge in [-0.15, -0.1) is 10.2 Å². The highest BCUT2D eigenvalue weighted by atomic mass is 32.2. The lowest BCUT2D eigenvalue weighted by Gasteiger charge is -2.20. The summed E-state index contributed by atoms with van der Waals surface area (Å²) in [5.74, 6) is 8.51. The van der Waals surface area contributed by atoms with Crippen LogP contribution in [0.4, 0.5) is 0 Å². The van der Waals surface area contributed by atoms with E-state index >= 15 is 0 Å². The van der Waals surface area contributed by atoms with E-state index in [1.807, 2.05) is 0 Å². The molecule has 0 bridgehead atoms. The summed E-state index contributed by atoms with van der Waals surface area (Å²) < 4.78 is 1.58. The predicted octanol–water partition coefficient (Wildman–Crippen LogP) is 3.46. The van der Waals surface area contributed by atoms with Gasteiger partial charge in [-0.2, -0.15) is 0 Å². The molecule has 0 spiro atoms. The summed E-state index contributed by atoms with van der Waals surface area (Å²) >= 11 is 1.36. The van der Waals surface area contributed by atoms with Gasteiger partial charge in [0.1, 0.15) is 0 Å². The maximum atomic E-state index is 12.1. The van der Waals surface area contributed by atoms with Gasteiger partial charge >= 0.3 is 0 Å². The Kier molecular flexibility index (Phi) is 8.06. The highest BCUT2D eigenvalue weighted by Crippen LogP contribution is 2.32. The molecule has 1 amide bonds. The number of thioether (sulfide) groups is 1. The second-order valence-corrected chi connectivity index (χ2v) is 8.57. The molecular formula is C18H33N5OS. The lowest BCUT2D eigenvalue weighted by atomic mass is 9.89. The molecule has 0 radical (unpaired) electrons. The summed E-state index contributed by atoms with van der Waals surface area (Å²) in [7, 11) is 0. The van der Waals surface area contributed by atoms with Crippen molar-refractivity contribution in [2.45, 2.75) is 89.3 Å². The summed E-state index contributed by atoms with van der Waals surface area (Å²) in [5, 5.41) is 12.1. The van der Waals surface area contributed by atoms with Gasteiger partial charge in [0.05, 0.1) is 5.75 Å². The standard InChI is InChI=1S/C18H33N5OS/c1-13(2)8-7-9-14(3)20-16(24)12-25-18-22-21-17(23(18)19)15-10-5-4-6-11-15/h13-15H,4-12,19H2,1-3H3,(H,20,24)/t14-/m1/s1. The quantitative estimate of drug-likeness (QED) is 0.515. The van der Waals surface area contributed by atoms with Crippen molar-refractivity contribution in [3.63, 3.8) is 0 Å². The van der Waals surface area contributed by atoms with E-state index in [1.54, 1.807) is 4.68 Å². The number of carbonyl (C=O) groups is 1. The summed E-state index contributed by atoms with van der Waals surface area (Å²) in [6, 6.07) is 0.209. The molecule has 1 aromatic rings. The fourth-order valence-electron chi connectivity index (χ4n) is 3.38. The molecule has 1 saturated carbocycles. The zero-order valence-corrected chi connectivity index (χ0v) is 16.6. The normalized spacial score (nSPS) is 17.0. The fraction of sp³-hybridized carbons (Fsp3) is 0.833. The number of aromatic nitrogens is 3. The molecule has 0 aliphatic heterocycles. The fourth-order valence-corrected chi connectivity index (χ4v) is 4.05. The third-order valence-electron chi connectivity index (χ3n) is 4.82. The van der Waals surface area contributed by atoms with E-state index < -0.39 is 0 Å². The van der Waals surface area contributed by atoms with Crippen molar-refractivity contribution in [2.24, 2.45) is 5.92 Å². The highest BCUT2D eigenvalue weighted by Gasteiger charge is 2.22. The molecule has 2 rings (SSSR count). The summed E-state index contributed by atoms with van der Waals surface area (Å²) in [6.45, 7) is 6.52. The number of amides is 1. The smallest absolute Gasteiger partial charge is 0.230 e. The van der Waals surface area contributed by atoms with E-state index in [9.17, 15) is 4.79 Å². The van der Waals surface area contributed by atoms with E-state index in [-0.39, 0.29) is 11.9 Å². The SMILES string of the molecule is CC(C)CCC[C@@H](C)NC(=O)CSc1nnc(C2CCCCC2)n1N. The maximum Gasteiger partial charge on any atom is 0.230 e. The number of carbonyl (C=O) groups excluding carboxylic acids is 1. The van der Waals surface area contributed by atoms with Crippen molar-refractivity contribution in [1.29, 1.82) is 0 Å². The van der Waals surface area contributed by atoms with Crippen molar-refractivity contribution in [1.82, 2.24) is 20.2 Å². The molecule has 0 saturated heterocycles. The zero-order valence-electron chi connectivity index (χ0n) is 15.8. The molecule has 0 aromatic carbocycles. The van der Waals surface area contributed by atoms with Gasteiger partial charge in [-0.25, -0.2) is 4.68 Å². The van der Waals surface area contributed by atoms with Crippen LogP contribution in [0.25, 0.3) is 0 Å². The van der Waals surface area contributed by atoms with Crippen LogP contribution < -0.4 is 11.2 Å². The Morgan fingerprint density at radius 3 is 2.64 bits per heavy atom. The molecule has 25 heavy (non-hydrogen) atoms. The van der Waals surface area contributed by atoms with E-state index in [4.69, 9.17) is 5.84 Å².